The molecule has 5 rings (SSSR count). The molecule has 2 aromatic carbocycles. The summed E-state index contributed by atoms with van der Waals surface area (Å²) in [5, 5.41) is 23.9. The number of oxime groups is 1. The third-order valence-electron chi connectivity index (χ3n) is 7.51. The molecular formula is C30H36N4O3. The molecular weight excluding hydrogens is 464 g/mol. The Balaban J connectivity index is 1.34. The van der Waals surface area contributed by atoms with E-state index in [0.717, 1.165) is 49.1 Å². The Labute approximate surface area is 218 Å². The molecule has 4 N–H and O–H groups in total. The number of ether oxygens (including phenoxy) is 1. The second kappa shape index (κ2) is 12.1. The second-order valence-corrected chi connectivity index (χ2v) is 10.1. The number of hydrogen-bond donors (Lipinski definition) is 4. The van der Waals surface area contributed by atoms with Gasteiger partial charge in [-0.25, -0.2) is 0 Å². The first-order valence-corrected chi connectivity index (χ1v) is 13.4. The Morgan fingerprint density at radius 2 is 1.73 bits per heavy atom. The first kappa shape index (κ1) is 25.1. The standard InChI is InChI=1S/C30H36N4O3/c35-30(32-23-12-6-2-7-13-23)26-20-25-27(18-22(19-28(25)34-36)21-10-4-1-5-11-21)33-29(26)31-16-17-37-24-14-8-3-9-15-24/h1,3-5,8-11,14-15,20,22-23,29,31,33,36H,2,6-7,12-13,16-19H2,(H,32,35)/b34-28+/t22?,29-/m1/s1. The van der Waals surface area contributed by atoms with E-state index in [2.05, 4.69) is 33.2 Å². The Hall–Kier alpha value is -3.58. The maximum Gasteiger partial charge on any atom is 0.250 e. The van der Waals surface area contributed by atoms with E-state index in [1.165, 1.54) is 12.0 Å². The third-order valence-corrected chi connectivity index (χ3v) is 7.51. The Kier molecular flexibility index (Phi) is 8.21. The first-order chi connectivity index (χ1) is 18.2. The fourth-order valence-corrected chi connectivity index (χ4v) is 5.56. The van der Waals surface area contributed by atoms with Crippen LogP contribution in [0.3, 0.4) is 0 Å². The molecule has 0 bridgehead atoms. The highest BCUT2D eigenvalue weighted by atomic mass is 16.5. The van der Waals surface area contributed by atoms with Crippen LogP contribution in [0.4, 0.5) is 0 Å². The minimum atomic E-state index is -0.365. The molecule has 1 heterocycles. The predicted molar refractivity (Wildman–Crippen MR) is 145 cm³/mol. The number of dihydropyridines is 1. The third kappa shape index (κ3) is 6.23. The summed E-state index contributed by atoms with van der Waals surface area (Å²) in [4.78, 5) is 13.5. The van der Waals surface area contributed by atoms with Crippen LogP contribution < -0.4 is 20.7 Å². The number of rotatable bonds is 8. The largest absolute Gasteiger partial charge is 0.492 e. The van der Waals surface area contributed by atoms with Crippen molar-refractivity contribution >= 4 is 11.6 Å². The lowest BCUT2D eigenvalue weighted by molar-refractivity contribution is -0.118. The lowest BCUT2D eigenvalue weighted by Crippen LogP contribution is -2.52. The molecule has 2 aromatic rings. The van der Waals surface area contributed by atoms with Crippen molar-refractivity contribution in [3.05, 3.63) is 89.1 Å². The molecule has 0 spiro atoms. The van der Waals surface area contributed by atoms with Crippen molar-refractivity contribution in [3.63, 3.8) is 0 Å². The van der Waals surface area contributed by atoms with Gasteiger partial charge in [0.05, 0.1) is 11.3 Å². The van der Waals surface area contributed by atoms with Gasteiger partial charge in [0.15, 0.2) is 0 Å². The van der Waals surface area contributed by atoms with Crippen LogP contribution in [-0.4, -0.2) is 42.2 Å². The fraction of sp³-hybridized carbons (Fsp3) is 0.400. The number of amides is 1. The van der Waals surface area contributed by atoms with E-state index < -0.39 is 0 Å². The molecule has 1 saturated carbocycles. The van der Waals surface area contributed by atoms with Gasteiger partial charge in [0.1, 0.15) is 18.5 Å². The van der Waals surface area contributed by atoms with Crippen molar-refractivity contribution in [3.8, 4) is 5.75 Å². The van der Waals surface area contributed by atoms with Crippen molar-refractivity contribution in [1.82, 2.24) is 16.0 Å². The smallest absolute Gasteiger partial charge is 0.250 e. The second-order valence-electron chi connectivity index (χ2n) is 10.1. The quantitative estimate of drug-likeness (QED) is 0.241. The highest BCUT2D eigenvalue weighted by Crippen LogP contribution is 2.37. The zero-order valence-electron chi connectivity index (χ0n) is 21.2. The van der Waals surface area contributed by atoms with Crippen molar-refractivity contribution < 1.29 is 14.7 Å². The van der Waals surface area contributed by atoms with Gasteiger partial charge in [0, 0.05) is 30.3 Å². The molecule has 7 nitrogen and oxygen atoms in total. The monoisotopic (exact) mass is 500 g/mol. The van der Waals surface area contributed by atoms with E-state index in [4.69, 9.17) is 4.74 Å². The minimum absolute atomic E-state index is 0.0742. The number of benzene rings is 2. The van der Waals surface area contributed by atoms with Gasteiger partial charge < -0.3 is 20.6 Å². The Morgan fingerprint density at radius 3 is 2.46 bits per heavy atom. The van der Waals surface area contributed by atoms with E-state index in [-0.39, 0.29) is 24.0 Å². The van der Waals surface area contributed by atoms with E-state index in [0.29, 0.717) is 30.9 Å². The summed E-state index contributed by atoms with van der Waals surface area (Å²) >= 11 is 0. The van der Waals surface area contributed by atoms with Crippen molar-refractivity contribution in [2.45, 2.75) is 63.1 Å². The molecule has 1 fully saturated rings. The summed E-state index contributed by atoms with van der Waals surface area (Å²) < 4.78 is 5.86. The molecule has 0 radical (unpaired) electrons. The van der Waals surface area contributed by atoms with Gasteiger partial charge in [0.25, 0.3) is 5.91 Å². The molecule has 0 aromatic heterocycles. The number of hydrogen-bond acceptors (Lipinski definition) is 6. The van der Waals surface area contributed by atoms with Gasteiger partial charge in [-0.05, 0) is 49.0 Å². The van der Waals surface area contributed by atoms with E-state index in [9.17, 15) is 10.0 Å². The summed E-state index contributed by atoms with van der Waals surface area (Å²) in [6.07, 6.45) is 8.53. The lowest BCUT2D eigenvalue weighted by Gasteiger charge is -2.36. The molecule has 2 atom stereocenters. The van der Waals surface area contributed by atoms with Gasteiger partial charge in [-0.2, -0.15) is 0 Å². The number of allylic oxidation sites excluding steroid dienone is 3. The maximum absolute atomic E-state index is 13.5. The van der Waals surface area contributed by atoms with Crippen molar-refractivity contribution in [1.29, 1.82) is 0 Å². The van der Waals surface area contributed by atoms with Crippen LogP contribution in [0.15, 0.2) is 88.7 Å². The van der Waals surface area contributed by atoms with Gasteiger partial charge in [-0.15, -0.1) is 0 Å². The molecule has 7 heteroatoms. The number of nitrogens with zero attached hydrogens (tertiary/aromatic N) is 1. The molecule has 3 aliphatic rings. The number of nitrogens with one attached hydrogen (secondary N) is 3. The minimum Gasteiger partial charge on any atom is -0.492 e. The number of carbonyl (C=O) groups excluding carboxylic acids is 1. The average Bonchev–Trinajstić information content (AvgIpc) is 2.95. The highest BCUT2D eigenvalue weighted by molar-refractivity contribution is 6.07. The molecule has 0 saturated heterocycles. The number of para-hydroxylation sites is 1. The molecule has 1 aliphatic heterocycles. The topological polar surface area (TPSA) is 95.0 Å². The predicted octanol–water partition coefficient (Wildman–Crippen LogP) is 4.62. The maximum atomic E-state index is 13.5. The van der Waals surface area contributed by atoms with E-state index in [1.54, 1.807) is 0 Å². The molecule has 37 heavy (non-hydrogen) atoms. The molecule has 2 aliphatic carbocycles. The molecule has 1 amide bonds. The van der Waals surface area contributed by atoms with Crippen LogP contribution in [0.25, 0.3) is 0 Å². The van der Waals surface area contributed by atoms with Crippen LogP contribution in [0, 0.1) is 0 Å². The van der Waals surface area contributed by atoms with Gasteiger partial charge in [0.2, 0.25) is 0 Å². The summed E-state index contributed by atoms with van der Waals surface area (Å²) in [6, 6.07) is 20.2. The van der Waals surface area contributed by atoms with Gasteiger partial charge >= 0.3 is 0 Å². The lowest BCUT2D eigenvalue weighted by atomic mass is 9.79. The van der Waals surface area contributed by atoms with E-state index in [1.807, 2.05) is 54.6 Å². The summed E-state index contributed by atoms with van der Waals surface area (Å²) in [5.41, 5.74) is 4.24. The molecule has 1 unspecified atom stereocenters. The van der Waals surface area contributed by atoms with E-state index >= 15 is 0 Å². The Morgan fingerprint density at radius 1 is 1.00 bits per heavy atom. The van der Waals surface area contributed by atoms with Crippen LogP contribution in [0.1, 0.15) is 56.4 Å². The van der Waals surface area contributed by atoms with Gasteiger partial charge in [-0.3, -0.25) is 10.1 Å². The van der Waals surface area contributed by atoms with Crippen LogP contribution in [0.2, 0.25) is 0 Å². The first-order valence-electron chi connectivity index (χ1n) is 13.4. The van der Waals surface area contributed by atoms with Crippen LogP contribution in [0.5, 0.6) is 5.75 Å². The van der Waals surface area contributed by atoms with Crippen molar-refractivity contribution in [2.75, 3.05) is 13.2 Å². The average molecular weight is 501 g/mol. The zero-order chi connectivity index (χ0) is 25.5. The summed E-state index contributed by atoms with van der Waals surface area (Å²) in [5.74, 6) is 0.944. The fourth-order valence-electron chi connectivity index (χ4n) is 5.56. The SMILES string of the molecule is O=C(NC1CCCCC1)C1=CC2=C(CC(c3ccccc3)C/C2=N\O)N[C@H]1NCCOc1ccccc1. The van der Waals surface area contributed by atoms with Crippen LogP contribution >= 0.6 is 0 Å². The number of carbonyl (C=O) groups is 1. The van der Waals surface area contributed by atoms with Gasteiger partial charge in [-0.1, -0.05) is 72.9 Å². The zero-order valence-corrected chi connectivity index (χ0v) is 21.2. The normalized spacial score (nSPS) is 23.1. The summed E-state index contributed by atoms with van der Waals surface area (Å²) in [6.45, 7) is 1.04. The highest BCUT2D eigenvalue weighted by Gasteiger charge is 2.34. The van der Waals surface area contributed by atoms with Crippen LogP contribution in [-0.2, 0) is 4.79 Å². The molecule has 194 valence electrons. The Bertz CT molecular complexity index is 1150. The summed E-state index contributed by atoms with van der Waals surface area (Å²) in [7, 11) is 0. The van der Waals surface area contributed by atoms with Crippen molar-refractivity contribution in [2.24, 2.45) is 5.16 Å².